The fraction of sp³-hybridized carbons (Fsp3) is 0.559. The van der Waals surface area contributed by atoms with E-state index in [0.717, 1.165) is 62.5 Å². The van der Waals surface area contributed by atoms with Gasteiger partial charge in [-0.05, 0) is 63.6 Å². The lowest BCUT2D eigenvalue weighted by Crippen LogP contribution is -2.59. The number of hydrogen-bond donors (Lipinski definition) is 2. The number of fused-ring (bicyclic) bond motifs is 1. The van der Waals surface area contributed by atoms with Crippen molar-refractivity contribution in [1.29, 1.82) is 0 Å². The van der Waals surface area contributed by atoms with E-state index in [1.54, 1.807) is 14.0 Å². The number of rotatable bonds is 8. The maximum Gasteiger partial charge on any atom is 0.246 e. The molecule has 0 spiro atoms. The Kier molecular flexibility index (Phi) is 9.76. The monoisotopic (exact) mass is 558 g/mol. The average molecular weight is 559 g/mol. The lowest BCUT2D eigenvalue weighted by molar-refractivity contribution is -0.151. The Balaban J connectivity index is 1.51. The molecule has 2 aromatic rings. The van der Waals surface area contributed by atoms with Gasteiger partial charge in [0.1, 0.15) is 12.1 Å². The van der Waals surface area contributed by atoms with Crippen LogP contribution in [0.15, 0.2) is 60.7 Å². The zero-order valence-corrected chi connectivity index (χ0v) is 24.6. The van der Waals surface area contributed by atoms with Crippen molar-refractivity contribution in [2.45, 2.75) is 114 Å². The van der Waals surface area contributed by atoms with Gasteiger partial charge in [-0.25, -0.2) is 0 Å². The molecule has 220 valence electrons. The summed E-state index contributed by atoms with van der Waals surface area (Å²) in [7, 11) is 1.74. The summed E-state index contributed by atoms with van der Waals surface area (Å²) in [6, 6.07) is 19.1. The summed E-state index contributed by atoms with van der Waals surface area (Å²) in [5, 5.41) is 5.98. The van der Waals surface area contributed by atoms with Gasteiger partial charge in [0.2, 0.25) is 17.7 Å². The van der Waals surface area contributed by atoms with E-state index in [1.807, 2.05) is 41.3 Å². The molecule has 3 fully saturated rings. The minimum Gasteiger partial charge on any atom is -0.343 e. The summed E-state index contributed by atoms with van der Waals surface area (Å²) in [5.74, 6) is -0.219. The third-order valence-electron chi connectivity index (χ3n) is 9.49. The molecular weight excluding hydrogens is 512 g/mol. The van der Waals surface area contributed by atoms with Crippen molar-refractivity contribution in [3.8, 4) is 0 Å². The minimum absolute atomic E-state index is 0.0398. The standard InChI is InChI=1S/C34H46N4O3/c1-24(35-2)32(39)36-29-21-13-12-20-28-22-23-30(37(28)33(29)40)34(41)38(27-18-10-5-11-19-27)31(25-14-6-3-7-15-25)26-16-8-4-9-17-26/h3-4,6-9,14-17,24,27-31,35H,5,10-13,18-23H2,1-2H3,(H,36,39)/t24-,28-,29?,30-/m0/s1. The van der Waals surface area contributed by atoms with E-state index in [1.165, 1.54) is 6.42 Å². The molecule has 7 nitrogen and oxygen atoms in total. The van der Waals surface area contributed by atoms with E-state index in [-0.39, 0.29) is 41.9 Å². The predicted octanol–water partition coefficient (Wildman–Crippen LogP) is 4.96. The maximum absolute atomic E-state index is 14.9. The Hall–Kier alpha value is -3.19. The van der Waals surface area contributed by atoms with E-state index < -0.39 is 12.1 Å². The van der Waals surface area contributed by atoms with Crippen molar-refractivity contribution in [3.05, 3.63) is 71.8 Å². The van der Waals surface area contributed by atoms with Crippen LogP contribution in [0.5, 0.6) is 0 Å². The molecule has 41 heavy (non-hydrogen) atoms. The van der Waals surface area contributed by atoms with Crippen LogP contribution in [0.25, 0.3) is 0 Å². The molecule has 5 rings (SSSR count). The lowest BCUT2D eigenvalue weighted by Gasteiger charge is -2.44. The Bertz CT molecular complexity index is 1130. The quantitative estimate of drug-likeness (QED) is 0.480. The molecule has 1 saturated carbocycles. The van der Waals surface area contributed by atoms with Gasteiger partial charge in [0.05, 0.1) is 12.1 Å². The molecule has 4 atom stereocenters. The molecule has 7 heteroatoms. The van der Waals surface area contributed by atoms with Crippen LogP contribution in [0.1, 0.15) is 94.7 Å². The van der Waals surface area contributed by atoms with Gasteiger partial charge < -0.3 is 20.4 Å². The van der Waals surface area contributed by atoms with Crippen molar-refractivity contribution in [3.63, 3.8) is 0 Å². The first kappa shape index (κ1) is 29.3. The van der Waals surface area contributed by atoms with Crippen LogP contribution in [0.3, 0.4) is 0 Å². The first-order valence-electron chi connectivity index (χ1n) is 15.7. The Morgan fingerprint density at radius 2 is 1.39 bits per heavy atom. The van der Waals surface area contributed by atoms with Crippen molar-refractivity contribution in [2.75, 3.05) is 7.05 Å². The summed E-state index contributed by atoms with van der Waals surface area (Å²) in [4.78, 5) is 46.0. The second-order valence-electron chi connectivity index (χ2n) is 12.1. The molecule has 0 aromatic heterocycles. The second-order valence-corrected chi connectivity index (χ2v) is 12.1. The lowest BCUT2D eigenvalue weighted by atomic mass is 9.88. The second kappa shape index (κ2) is 13.6. The summed E-state index contributed by atoms with van der Waals surface area (Å²) in [5.41, 5.74) is 2.19. The summed E-state index contributed by atoms with van der Waals surface area (Å²) >= 11 is 0. The number of carbonyl (C=O) groups excluding carboxylic acids is 3. The van der Waals surface area contributed by atoms with Gasteiger partial charge >= 0.3 is 0 Å². The fourth-order valence-electron chi connectivity index (χ4n) is 7.17. The highest BCUT2D eigenvalue weighted by atomic mass is 16.2. The zero-order chi connectivity index (χ0) is 28.8. The van der Waals surface area contributed by atoms with Gasteiger partial charge in [0.15, 0.2) is 0 Å². The molecule has 3 amide bonds. The Morgan fingerprint density at radius 1 is 0.805 bits per heavy atom. The van der Waals surface area contributed by atoms with Crippen LogP contribution in [0, 0.1) is 0 Å². The first-order chi connectivity index (χ1) is 20.0. The van der Waals surface area contributed by atoms with Gasteiger partial charge in [-0.3, -0.25) is 14.4 Å². The molecule has 3 aliphatic rings. The molecule has 2 saturated heterocycles. The Labute approximate surface area is 245 Å². The SMILES string of the molecule is CN[C@@H](C)C(=O)NC1CCCC[C@H]2CC[C@@H](C(=O)N(C3CCCCC3)C(c3ccccc3)c3ccccc3)N2C1=O. The number of amides is 3. The number of nitrogens with one attached hydrogen (secondary N) is 2. The van der Waals surface area contributed by atoms with Crippen LogP contribution >= 0.6 is 0 Å². The largest absolute Gasteiger partial charge is 0.343 e. The number of carbonyl (C=O) groups is 3. The highest BCUT2D eigenvalue weighted by Crippen LogP contribution is 2.39. The van der Waals surface area contributed by atoms with E-state index in [2.05, 4.69) is 39.8 Å². The van der Waals surface area contributed by atoms with Crippen molar-refractivity contribution in [1.82, 2.24) is 20.4 Å². The molecule has 1 aliphatic carbocycles. The van der Waals surface area contributed by atoms with Crippen molar-refractivity contribution in [2.24, 2.45) is 0 Å². The van der Waals surface area contributed by atoms with E-state index >= 15 is 0 Å². The van der Waals surface area contributed by atoms with Gasteiger partial charge in [-0.15, -0.1) is 0 Å². The molecular formula is C34H46N4O3. The maximum atomic E-state index is 14.9. The van der Waals surface area contributed by atoms with Gasteiger partial charge in [0.25, 0.3) is 0 Å². The number of benzene rings is 2. The van der Waals surface area contributed by atoms with Gasteiger partial charge in [-0.2, -0.15) is 0 Å². The number of hydrogen-bond acceptors (Lipinski definition) is 4. The van der Waals surface area contributed by atoms with Crippen LogP contribution in [0.2, 0.25) is 0 Å². The van der Waals surface area contributed by atoms with E-state index in [4.69, 9.17) is 0 Å². The average Bonchev–Trinajstić information content (AvgIpc) is 3.44. The molecule has 1 unspecified atom stereocenters. The van der Waals surface area contributed by atoms with Gasteiger partial charge in [0, 0.05) is 12.1 Å². The molecule has 2 aromatic carbocycles. The van der Waals surface area contributed by atoms with Crippen molar-refractivity contribution >= 4 is 17.7 Å². The number of nitrogens with zero attached hydrogens (tertiary/aromatic N) is 2. The molecule has 2 aliphatic heterocycles. The molecule has 0 radical (unpaired) electrons. The summed E-state index contributed by atoms with van der Waals surface area (Å²) in [6.45, 7) is 1.79. The third-order valence-corrected chi connectivity index (χ3v) is 9.49. The fourth-order valence-corrected chi connectivity index (χ4v) is 7.17. The topological polar surface area (TPSA) is 81.8 Å². The number of likely N-dealkylation sites (N-methyl/N-ethyl adjacent to an activating group) is 1. The van der Waals surface area contributed by atoms with Crippen LogP contribution < -0.4 is 10.6 Å². The van der Waals surface area contributed by atoms with Crippen LogP contribution in [-0.4, -0.2) is 64.8 Å². The smallest absolute Gasteiger partial charge is 0.246 e. The highest BCUT2D eigenvalue weighted by Gasteiger charge is 2.47. The van der Waals surface area contributed by atoms with Gasteiger partial charge in [-0.1, -0.05) is 92.8 Å². The highest BCUT2D eigenvalue weighted by molar-refractivity contribution is 5.94. The summed E-state index contributed by atoms with van der Waals surface area (Å²) < 4.78 is 0. The van der Waals surface area contributed by atoms with Crippen LogP contribution in [-0.2, 0) is 14.4 Å². The molecule has 2 heterocycles. The minimum atomic E-state index is -0.600. The van der Waals surface area contributed by atoms with Crippen molar-refractivity contribution < 1.29 is 14.4 Å². The third kappa shape index (κ3) is 6.50. The Morgan fingerprint density at radius 3 is 2.00 bits per heavy atom. The zero-order valence-electron chi connectivity index (χ0n) is 24.6. The molecule has 0 bridgehead atoms. The van der Waals surface area contributed by atoms with E-state index in [9.17, 15) is 14.4 Å². The van der Waals surface area contributed by atoms with E-state index in [0.29, 0.717) is 12.8 Å². The summed E-state index contributed by atoms with van der Waals surface area (Å²) in [6.07, 6.45) is 10.3. The molecule has 2 N–H and O–H groups in total. The first-order valence-corrected chi connectivity index (χ1v) is 15.7. The van der Waals surface area contributed by atoms with Crippen LogP contribution in [0.4, 0.5) is 0 Å². The predicted molar refractivity (Wildman–Crippen MR) is 161 cm³/mol. The normalized spacial score (nSPS) is 24.3.